The number of hydrogen-bond acceptors (Lipinski definition) is 2. The van der Waals surface area contributed by atoms with Gasteiger partial charge in [-0.05, 0) is 50.9 Å². The van der Waals surface area contributed by atoms with Gasteiger partial charge in [0.2, 0.25) is 0 Å². The van der Waals surface area contributed by atoms with Gasteiger partial charge in [-0.1, -0.05) is 31.2 Å². The fraction of sp³-hybridized carbons (Fsp3) is 0.611. The third-order valence-corrected chi connectivity index (χ3v) is 4.32. The van der Waals surface area contributed by atoms with Crippen LogP contribution in [-0.4, -0.2) is 42.5 Å². The molecule has 1 aromatic carbocycles. The van der Waals surface area contributed by atoms with Gasteiger partial charge in [0.05, 0.1) is 0 Å². The Kier molecular flexibility index (Phi) is 6.25. The van der Waals surface area contributed by atoms with Gasteiger partial charge in [-0.25, -0.2) is 4.79 Å². The van der Waals surface area contributed by atoms with Gasteiger partial charge in [0.25, 0.3) is 0 Å². The van der Waals surface area contributed by atoms with Gasteiger partial charge < -0.3 is 15.1 Å². The highest BCUT2D eigenvalue weighted by Crippen LogP contribution is 2.19. The first-order valence-corrected chi connectivity index (χ1v) is 8.37. The zero-order chi connectivity index (χ0) is 15.9. The molecule has 22 heavy (non-hydrogen) atoms. The molecule has 1 saturated heterocycles. The van der Waals surface area contributed by atoms with Gasteiger partial charge in [0, 0.05) is 25.7 Å². The molecule has 122 valence electrons. The van der Waals surface area contributed by atoms with Crippen LogP contribution in [0.4, 0.5) is 4.79 Å². The fourth-order valence-corrected chi connectivity index (χ4v) is 3.10. The molecule has 2 amide bonds. The Bertz CT molecular complexity index is 470. The average molecular weight is 303 g/mol. The van der Waals surface area contributed by atoms with Crippen LogP contribution < -0.4 is 5.32 Å². The van der Waals surface area contributed by atoms with Crippen molar-refractivity contribution in [3.8, 4) is 0 Å². The number of nitrogens with one attached hydrogen (secondary N) is 1. The second-order valence-electron chi connectivity index (χ2n) is 6.46. The molecular weight excluding hydrogens is 274 g/mol. The van der Waals surface area contributed by atoms with Crippen LogP contribution in [0.25, 0.3) is 0 Å². The summed E-state index contributed by atoms with van der Waals surface area (Å²) in [4.78, 5) is 16.5. The summed E-state index contributed by atoms with van der Waals surface area (Å²) in [6, 6.07) is 8.98. The minimum Gasteiger partial charge on any atom is -0.334 e. The van der Waals surface area contributed by atoms with E-state index >= 15 is 0 Å². The number of likely N-dealkylation sites (tertiary alicyclic amines) is 1. The maximum absolute atomic E-state index is 12.4. The zero-order valence-electron chi connectivity index (χ0n) is 14.1. The van der Waals surface area contributed by atoms with Gasteiger partial charge in [0.1, 0.15) is 0 Å². The zero-order valence-corrected chi connectivity index (χ0v) is 14.1. The quantitative estimate of drug-likeness (QED) is 0.906. The van der Waals surface area contributed by atoms with Crippen LogP contribution in [-0.2, 0) is 13.1 Å². The Morgan fingerprint density at radius 2 is 1.91 bits per heavy atom. The standard InChI is InChI=1S/C18H29N3O/c1-4-17-7-5-6-12-21(17)18(22)19-13-15-8-10-16(11-9-15)14-20(2)3/h8-11,17H,4-7,12-14H2,1-3H3,(H,19,22). The van der Waals surface area contributed by atoms with Crippen LogP contribution in [0.2, 0.25) is 0 Å². The van der Waals surface area contributed by atoms with Crippen molar-refractivity contribution in [2.75, 3.05) is 20.6 Å². The molecule has 2 rings (SSSR count). The maximum Gasteiger partial charge on any atom is 0.317 e. The maximum atomic E-state index is 12.4. The summed E-state index contributed by atoms with van der Waals surface area (Å²) < 4.78 is 0. The Morgan fingerprint density at radius 1 is 1.23 bits per heavy atom. The molecule has 1 heterocycles. The van der Waals surface area contributed by atoms with Crippen molar-refractivity contribution in [3.63, 3.8) is 0 Å². The van der Waals surface area contributed by atoms with Crippen molar-refractivity contribution in [1.82, 2.24) is 15.1 Å². The lowest BCUT2D eigenvalue weighted by molar-refractivity contribution is 0.148. The lowest BCUT2D eigenvalue weighted by Gasteiger charge is -2.35. The van der Waals surface area contributed by atoms with Crippen molar-refractivity contribution in [1.29, 1.82) is 0 Å². The molecule has 1 fully saturated rings. The first-order valence-electron chi connectivity index (χ1n) is 8.37. The second-order valence-corrected chi connectivity index (χ2v) is 6.46. The summed E-state index contributed by atoms with van der Waals surface area (Å²) in [6.07, 6.45) is 4.56. The van der Waals surface area contributed by atoms with Crippen molar-refractivity contribution >= 4 is 6.03 Å². The Morgan fingerprint density at radius 3 is 2.55 bits per heavy atom. The topological polar surface area (TPSA) is 35.6 Å². The van der Waals surface area contributed by atoms with Crippen molar-refractivity contribution in [2.45, 2.75) is 51.7 Å². The fourth-order valence-electron chi connectivity index (χ4n) is 3.10. The van der Waals surface area contributed by atoms with E-state index in [-0.39, 0.29) is 6.03 Å². The Balaban J connectivity index is 1.85. The van der Waals surface area contributed by atoms with E-state index in [0.29, 0.717) is 12.6 Å². The van der Waals surface area contributed by atoms with E-state index in [2.05, 4.69) is 55.5 Å². The predicted octanol–water partition coefficient (Wildman–Crippen LogP) is 3.22. The highest BCUT2D eigenvalue weighted by atomic mass is 16.2. The molecule has 0 spiro atoms. The molecule has 0 radical (unpaired) electrons. The summed E-state index contributed by atoms with van der Waals surface area (Å²) in [6.45, 7) is 4.61. The van der Waals surface area contributed by atoms with E-state index in [4.69, 9.17) is 0 Å². The minimum atomic E-state index is 0.0870. The molecule has 1 unspecified atom stereocenters. The number of rotatable bonds is 5. The normalized spacial score (nSPS) is 18.5. The van der Waals surface area contributed by atoms with Gasteiger partial charge in [-0.3, -0.25) is 0 Å². The second kappa shape index (κ2) is 8.18. The van der Waals surface area contributed by atoms with Crippen molar-refractivity contribution in [3.05, 3.63) is 35.4 Å². The van der Waals surface area contributed by atoms with E-state index in [0.717, 1.165) is 37.9 Å². The number of hydrogen-bond donors (Lipinski definition) is 1. The number of carbonyl (C=O) groups excluding carboxylic acids is 1. The average Bonchev–Trinajstić information content (AvgIpc) is 2.53. The summed E-state index contributed by atoms with van der Waals surface area (Å²) >= 11 is 0. The summed E-state index contributed by atoms with van der Waals surface area (Å²) in [5.74, 6) is 0. The monoisotopic (exact) mass is 303 g/mol. The molecule has 0 bridgehead atoms. The molecule has 1 aliphatic rings. The number of urea groups is 1. The van der Waals surface area contributed by atoms with Gasteiger partial charge >= 0.3 is 6.03 Å². The van der Waals surface area contributed by atoms with E-state index in [9.17, 15) is 4.79 Å². The largest absolute Gasteiger partial charge is 0.334 e. The smallest absolute Gasteiger partial charge is 0.317 e. The molecule has 1 atom stereocenters. The summed E-state index contributed by atoms with van der Waals surface area (Å²) in [5, 5.41) is 3.07. The molecule has 4 heteroatoms. The molecule has 1 aliphatic heterocycles. The third kappa shape index (κ3) is 4.73. The first kappa shape index (κ1) is 16.8. The lowest BCUT2D eigenvalue weighted by Crippen LogP contribution is -2.48. The van der Waals surface area contributed by atoms with Crippen LogP contribution in [0.5, 0.6) is 0 Å². The van der Waals surface area contributed by atoms with E-state index < -0.39 is 0 Å². The van der Waals surface area contributed by atoms with Gasteiger partial charge in [-0.2, -0.15) is 0 Å². The van der Waals surface area contributed by atoms with Crippen LogP contribution >= 0.6 is 0 Å². The predicted molar refractivity (Wildman–Crippen MR) is 90.7 cm³/mol. The van der Waals surface area contributed by atoms with Gasteiger partial charge in [0.15, 0.2) is 0 Å². The van der Waals surface area contributed by atoms with Crippen LogP contribution in [0.15, 0.2) is 24.3 Å². The first-order chi connectivity index (χ1) is 10.6. The number of carbonyl (C=O) groups is 1. The molecule has 4 nitrogen and oxygen atoms in total. The lowest BCUT2D eigenvalue weighted by atomic mass is 10.0. The van der Waals surface area contributed by atoms with E-state index in [1.54, 1.807) is 0 Å². The Hall–Kier alpha value is -1.55. The molecule has 0 aromatic heterocycles. The Labute approximate surface area is 134 Å². The SMILES string of the molecule is CCC1CCCCN1C(=O)NCc1ccc(CN(C)C)cc1. The molecule has 0 aliphatic carbocycles. The molecule has 0 saturated carbocycles. The van der Waals surface area contributed by atoms with Crippen LogP contribution in [0, 0.1) is 0 Å². The molecule has 1 aromatic rings. The summed E-state index contributed by atoms with van der Waals surface area (Å²) in [5.41, 5.74) is 2.45. The summed E-state index contributed by atoms with van der Waals surface area (Å²) in [7, 11) is 4.13. The molecule has 1 N–H and O–H groups in total. The number of benzene rings is 1. The highest BCUT2D eigenvalue weighted by Gasteiger charge is 2.24. The van der Waals surface area contributed by atoms with E-state index in [1.807, 2.05) is 4.90 Å². The minimum absolute atomic E-state index is 0.0870. The van der Waals surface area contributed by atoms with E-state index in [1.165, 1.54) is 12.0 Å². The number of amides is 2. The number of nitrogens with zero attached hydrogens (tertiary/aromatic N) is 2. The van der Waals surface area contributed by atoms with Crippen molar-refractivity contribution < 1.29 is 4.79 Å². The number of piperidine rings is 1. The van der Waals surface area contributed by atoms with Crippen molar-refractivity contribution in [2.24, 2.45) is 0 Å². The molecular formula is C18H29N3O. The third-order valence-electron chi connectivity index (χ3n) is 4.32. The van der Waals surface area contributed by atoms with Crippen LogP contribution in [0.1, 0.15) is 43.7 Å². The van der Waals surface area contributed by atoms with Gasteiger partial charge in [-0.15, -0.1) is 0 Å². The van der Waals surface area contributed by atoms with Crippen LogP contribution in [0.3, 0.4) is 0 Å². The highest BCUT2D eigenvalue weighted by molar-refractivity contribution is 5.74.